The molecule has 162 valence electrons. The molecule has 0 saturated carbocycles. The molecule has 1 aliphatic heterocycles. The first-order chi connectivity index (χ1) is 14.7. The van der Waals surface area contributed by atoms with Crippen LogP contribution in [0.3, 0.4) is 0 Å². The summed E-state index contributed by atoms with van der Waals surface area (Å²) in [6, 6.07) is 8.95. The van der Waals surface area contributed by atoms with Crippen LogP contribution in [0.25, 0.3) is 0 Å². The second-order valence-electron chi connectivity index (χ2n) is 6.87. The highest BCUT2D eigenvalue weighted by Gasteiger charge is 2.36. The van der Waals surface area contributed by atoms with Crippen LogP contribution in [0, 0.1) is 23.0 Å². The fourth-order valence-electron chi connectivity index (χ4n) is 3.12. The molecule has 1 N–H and O–H groups in total. The minimum Gasteiger partial charge on any atom is -0.455 e. The third kappa shape index (κ3) is 5.20. The van der Waals surface area contributed by atoms with E-state index in [1.807, 2.05) is 0 Å². The van der Waals surface area contributed by atoms with Crippen molar-refractivity contribution in [3.8, 4) is 0 Å². The summed E-state index contributed by atoms with van der Waals surface area (Å²) in [5.74, 6) is -2.37. The number of nitrogens with one attached hydrogen (secondary N) is 1. The molecule has 9 nitrogen and oxygen atoms in total. The summed E-state index contributed by atoms with van der Waals surface area (Å²) in [7, 11) is 0. The Morgan fingerprint density at radius 1 is 1.35 bits per heavy atom. The molecule has 11 heteroatoms. The molecular weight excluding hydrogens is 494 g/mol. The Morgan fingerprint density at radius 2 is 2.10 bits per heavy atom. The van der Waals surface area contributed by atoms with Gasteiger partial charge in [0.1, 0.15) is 0 Å². The van der Waals surface area contributed by atoms with Gasteiger partial charge in [-0.05, 0) is 46.6 Å². The molecule has 3 rings (SSSR count). The average Bonchev–Trinajstić information content (AvgIpc) is 3.14. The number of anilines is 2. The first kappa shape index (κ1) is 22.7. The van der Waals surface area contributed by atoms with Gasteiger partial charge in [-0.15, -0.1) is 0 Å². The molecule has 0 radical (unpaired) electrons. The number of carbonyl (C=O) groups excluding carboxylic acids is 3. The second kappa shape index (κ2) is 9.44. The van der Waals surface area contributed by atoms with E-state index in [9.17, 15) is 24.5 Å². The number of nitro benzene ring substituents is 1. The Bertz CT molecular complexity index is 1080. The Labute approximate surface area is 190 Å². The van der Waals surface area contributed by atoms with Crippen LogP contribution in [0.1, 0.15) is 12.0 Å². The van der Waals surface area contributed by atoms with E-state index < -0.39 is 29.3 Å². The zero-order chi connectivity index (χ0) is 22.7. The predicted octanol–water partition coefficient (Wildman–Crippen LogP) is 3.85. The van der Waals surface area contributed by atoms with Gasteiger partial charge >= 0.3 is 5.97 Å². The van der Waals surface area contributed by atoms with Crippen LogP contribution in [0.2, 0.25) is 5.02 Å². The van der Waals surface area contributed by atoms with Crippen molar-refractivity contribution in [2.45, 2.75) is 13.3 Å². The van der Waals surface area contributed by atoms with Gasteiger partial charge in [-0.1, -0.05) is 17.7 Å². The minimum atomic E-state index is -0.775. The van der Waals surface area contributed by atoms with E-state index in [1.165, 1.54) is 23.1 Å². The molecule has 0 bridgehead atoms. The number of non-ortho nitro benzene ring substituents is 1. The monoisotopic (exact) mass is 509 g/mol. The van der Waals surface area contributed by atoms with E-state index in [0.29, 0.717) is 26.4 Å². The predicted molar refractivity (Wildman–Crippen MR) is 117 cm³/mol. The summed E-state index contributed by atoms with van der Waals surface area (Å²) in [5.41, 5.74) is 1.32. The molecule has 1 heterocycles. The van der Waals surface area contributed by atoms with E-state index in [-0.39, 0.29) is 24.6 Å². The topological polar surface area (TPSA) is 119 Å². The number of nitro groups is 1. The maximum absolute atomic E-state index is 12.3. The SMILES string of the molecule is Cc1c(NC(=O)COC(=O)[C@@H]2CC(=O)N(c3cccc([N+](=O)[O-])c3)C2)ccc(Br)c1Cl. The number of rotatable bonds is 6. The number of benzene rings is 2. The number of ether oxygens (including phenoxy) is 1. The highest BCUT2D eigenvalue weighted by Crippen LogP contribution is 2.31. The smallest absolute Gasteiger partial charge is 0.311 e. The molecule has 1 saturated heterocycles. The molecule has 1 fully saturated rings. The first-order valence-corrected chi connectivity index (χ1v) is 10.3. The van der Waals surface area contributed by atoms with Gasteiger partial charge < -0.3 is 15.0 Å². The second-order valence-corrected chi connectivity index (χ2v) is 8.10. The summed E-state index contributed by atoms with van der Waals surface area (Å²) in [6.07, 6.45) is -0.107. The zero-order valence-electron chi connectivity index (χ0n) is 16.3. The lowest BCUT2D eigenvalue weighted by atomic mass is 10.1. The number of amides is 2. The van der Waals surface area contributed by atoms with Crippen molar-refractivity contribution in [2.75, 3.05) is 23.4 Å². The Balaban J connectivity index is 1.57. The molecule has 2 aromatic carbocycles. The Hall–Kier alpha value is -2.98. The lowest BCUT2D eigenvalue weighted by Gasteiger charge is -2.16. The molecule has 1 atom stereocenters. The maximum atomic E-state index is 12.3. The number of carbonyl (C=O) groups is 3. The van der Waals surface area contributed by atoms with Gasteiger partial charge in [0.05, 0.1) is 21.6 Å². The number of hydrogen-bond donors (Lipinski definition) is 1. The van der Waals surface area contributed by atoms with Crippen LogP contribution in [0.4, 0.5) is 17.1 Å². The molecule has 0 spiro atoms. The average molecular weight is 511 g/mol. The van der Waals surface area contributed by atoms with Crippen LogP contribution >= 0.6 is 27.5 Å². The van der Waals surface area contributed by atoms with E-state index in [0.717, 1.165) is 0 Å². The molecule has 0 aliphatic carbocycles. The van der Waals surface area contributed by atoms with Crippen LogP contribution in [-0.4, -0.2) is 35.9 Å². The van der Waals surface area contributed by atoms with E-state index in [1.54, 1.807) is 25.1 Å². The molecule has 0 unspecified atom stereocenters. The third-order valence-electron chi connectivity index (χ3n) is 4.77. The quantitative estimate of drug-likeness (QED) is 0.358. The van der Waals surface area contributed by atoms with Crippen molar-refractivity contribution in [2.24, 2.45) is 5.92 Å². The van der Waals surface area contributed by atoms with Crippen molar-refractivity contribution in [1.29, 1.82) is 0 Å². The van der Waals surface area contributed by atoms with Gasteiger partial charge in [0, 0.05) is 35.3 Å². The van der Waals surface area contributed by atoms with Gasteiger partial charge in [0.25, 0.3) is 11.6 Å². The van der Waals surface area contributed by atoms with E-state index in [4.69, 9.17) is 16.3 Å². The molecule has 1 aliphatic rings. The van der Waals surface area contributed by atoms with Gasteiger partial charge in [0.2, 0.25) is 5.91 Å². The number of hydrogen-bond acceptors (Lipinski definition) is 6. The van der Waals surface area contributed by atoms with Crippen LogP contribution in [0.5, 0.6) is 0 Å². The fraction of sp³-hybridized carbons (Fsp3) is 0.250. The fourth-order valence-corrected chi connectivity index (χ4v) is 3.71. The Kier molecular flexibility index (Phi) is 6.91. The normalized spacial score (nSPS) is 15.6. The van der Waals surface area contributed by atoms with Crippen molar-refractivity contribution < 1.29 is 24.0 Å². The molecule has 2 aromatic rings. The number of esters is 1. The summed E-state index contributed by atoms with van der Waals surface area (Å²) in [4.78, 5) is 48.5. The van der Waals surface area contributed by atoms with Crippen molar-refractivity contribution >= 4 is 62.4 Å². The number of nitrogens with zero attached hydrogens (tertiary/aromatic N) is 2. The van der Waals surface area contributed by atoms with Gasteiger partial charge in [0.15, 0.2) is 6.61 Å². The lowest BCUT2D eigenvalue weighted by Crippen LogP contribution is -2.28. The lowest BCUT2D eigenvalue weighted by molar-refractivity contribution is -0.384. The maximum Gasteiger partial charge on any atom is 0.311 e. The largest absolute Gasteiger partial charge is 0.455 e. The third-order valence-corrected chi connectivity index (χ3v) is 6.15. The summed E-state index contributed by atoms with van der Waals surface area (Å²) < 4.78 is 5.76. The van der Waals surface area contributed by atoms with Crippen LogP contribution in [-0.2, 0) is 19.1 Å². The highest BCUT2D eigenvalue weighted by atomic mass is 79.9. The van der Waals surface area contributed by atoms with Crippen molar-refractivity contribution in [1.82, 2.24) is 0 Å². The molecule has 0 aromatic heterocycles. The molecular formula is C20H17BrClN3O6. The van der Waals surface area contributed by atoms with Crippen LogP contribution in [0.15, 0.2) is 40.9 Å². The van der Waals surface area contributed by atoms with Gasteiger partial charge in [-0.2, -0.15) is 0 Å². The highest BCUT2D eigenvalue weighted by molar-refractivity contribution is 9.10. The standard InChI is InChI=1S/C20H17BrClN3O6/c1-11-16(6-5-15(21)19(11)22)23-17(26)10-31-20(28)12-7-18(27)24(9-12)13-3-2-4-14(8-13)25(29)30/h2-6,8,12H,7,9-10H2,1H3,(H,23,26)/t12-/m1/s1. The summed E-state index contributed by atoms with van der Waals surface area (Å²) in [5, 5.41) is 14.0. The zero-order valence-corrected chi connectivity index (χ0v) is 18.6. The summed E-state index contributed by atoms with van der Waals surface area (Å²) in [6.45, 7) is 1.23. The van der Waals surface area contributed by atoms with Crippen molar-refractivity contribution in [3.05, 3.63) is 61.6 Å². The van der Waals surface area contributed by atoms with Gasteiger partial charge in [-0.3, -0.25) is 24.5 Å². The van der Waals surface area contributed by atoms with Crippen LogP contribution < -0.4 is 10.2 Å². The van der Waals surface area contributed by atoms with E-state index in [2.05, 4.69) is 21.2 Å². The summed E-state index contributed by atoms with van der Waals surface area (Å²) >= 11 is 9.42. The van der Waals surface area contributed by atoms with Crippen molar-refractivity contribution in [3.63, 3.8) is 0 Å². The number of halogens is 2. The Morgan fingerprint density at radius 3 is 2.81 bits per heavy atom. The minimum absolute atomic E-state index is 0.0158. The molecule has 31 heavy (non-hydrogen) atoms. The first-order valence-electron chi connectivity index (χ1n) is 9.13. The van der Waals surface area contributed by atoms with E-state index >= 15 is 0 Å². The molecule has 2 amide bonds. The van der Waals surface area contributed by atoms with Gasteiger partial charge in [-0.25, -0.2) is 0 Å².